The number of carbonyl (C=O) groups is 2. The molecule has 0 radical (unpaired) electrons. The smallest absolute Gasteiger partial charge is 0.410 e. The van der Waals surface area contributed by atoms with Crippen molar-refractivity contribution in [2.75, 3.05) is 6.54 Å². The molecule has 0 bridgehead atoms. The number of benzene rings is 3. The fourth-order valence-electron chi connectivity index (χ4n) is 5.27. The van der Waals surface area contributed by atoms with E-state index in [0.29, 0.717) is 36.1 Å². The number of esters is 1. The Balaban J connectivity index is 1.66. The second kappa shape index (κ2) is 12.2. The molecule has 0 spiro atoms. The minimum absolute atomic E-state index is 0.437. The van der Waals surface area contributed by atoms with Crippen LogP contribution in [0.1, 0.15) is 63.3 Å². The molecule has 0 aliphatic carbocycles. The second-order valence-corrected chi connectivity index (χ2v) is 11.4. The summed E-state index contributed by atoms with van der Waals surface area (Å²) in [5.74, 6) is -1.65. The normalized spacial score (nSPS) is 18.1. The van der Waals surface area contributed by atoms with Crippen LogP contribution < -0.4 is 0 Å². The van der Waals surface area contributed by atoms with Crippen LogP contribution in [0.2, 0.25) is 0 Å². The molecule has 2 N–H and O–H groups in total. The third-order valence-electron chi connectivity index (χ3n) is 7.35. The van der Waals surface area contributed by atoms with Crippen molar-refractivity contribution in [2.45, 2.75) is 70.0 Å². The maximum absolute atomic E-state index is 13.7. The van der Waals surface area contributed by atoms with E-state index in [1.54, 1.807) is 64.1 Å². The summed E-state index contributed by atoms with van der Waals surface area (Å²) >= 11 is 0. The molecule has 40 heavy (non-hydrogen) atoms. The van der Waals surface area contributed by atoms with E-state index < -0.39 is 47.4 Å². The van der Waals surface area contributed by atoms with Gasteiger partial charge in [0.15, 0.2) is 11.7 Å². The highest BCUT2D eigenvalue weighted by Crippen LogP contribution is 2.44. The molecule has 1 aliphatic heterocycles. The fraction of sp³-hybridized carbons (Fsp3) is 0.394. The fourth-order valence-corrected chi connectivity index (χ4v) is 5.27. The molecule has 0 unspecified atom stereocenters. The second-order valence-electron chi connectivity index (χ2n) is 11.4. The summed E-state index contributed by atoms with van der Waals surface area (Å²) in [5.41, 5.74) is -0.683. The largest absolute Gasteiger partial charge is 0.453 e. The molecular weight excluding hydrogens is 506 g/mol. The highest BCUT2D eigenvalue weighted by Gasteiger charge is 2.46. The average Bonchev–Trinajstić information content (AvgIpc) is 3.45. The lowest BCUT2D eigenvalue weighted by Crippen LogP contribution is -2.49. The van der Waals surface area contributed by atoms with E-state index in [-0.39, 0.29) is 0 Å². The first-order valence-electron chi connectivity index (χ1n) is 13.8. The van der Waals surface area contributed by atoms with Crippen molar-refractivity contribution < 1.29 is 29.3 Å². The molecule has 1 fully saturated rings. The first-order valence-corrected chi connectivity index (χ1v) is 13.8. The number of aliphatic hydroxyl groups is 2. The quantitative estimate of drug-likeness (QED) is 0.358. The Kier molecular flexibility index (Phi) is 8.96. The molecule has 1 saturated heterocycles. The van der Waals surface area contributed by atoms with Crippen LogP contribution in [-0.2, 0) is 19.9 Å². The first kappa shape index (κ1) is 29.3. The number of hydrogen-bond donors (Lipinski definition) is 2. The van der Waals surface area contributed by atoms with E-state index in [2.05, 4.69) is 0 Å². The molecule has 212 valence electrons. The number of aliphatic hydroxyl groups excluding tert-OH is 1. The molecule has 1 aliphatic rings. The van der Waals surface area contributed by atoms with Gasteiger partial charge in [-0.3, -0.25) is 4.79 Å². The SMILES string of the molecule is C[C@@H](C(=O)O[C@@H](c1ccccc1)C(O)(c1ccccc1)c1ccccc1)[C@H](O)[C@@H]1CCCN1C(=O)OC(C)(C)C. The first-order chi connectivity index (χ1) is 19.0. The molecule has 4 rings (SSSR count). The predicted molar refractivity (Wildman–Crippen MR) is 152 cm³/mol. The topological polar surface area (TPSA) is 96.3 Å². The molecule has 0 saturated carbocycles. The number of likely N-dealkylation sites (tertiary alicyclic amines) is 1. The van der Waals surface area contributed by atoms with Gasteiger partial charge in [0, 0.05) is 6.54 Å². The zero-order chi connectivity index (χ0) is 28.9. The molecule has 7 nitrogen and oxygen atoms in total. The third kappa shape index (κ3) is 6.37. The van der Waals surface area contributed by atoms with Crippen molar-refractivity contribution in [1.82, 2.24) is 4.90 Å². The van der Waals surface area contributed by atoms with E-state index >= 15 is 0 Å². The average molecular weight is 546 g/mol. The Morgan fingerprint density at radius 3 is 1.88 bits per heavy atom. The summed E-state index contributed by atoms with van der Waals surface area (Å²) in [4.78, 5) is 28.0. The Morgan fingerprint density at radius 2 is 1.38 bits per heavy atom. The molecule has 0 aromatic heterocycles. The van der Waals surface area contributed by atoms with Crippen molar-refractivity contribution in [1.29, 1.82) is 0 Å². The standard InChI is InChI=1S/C33H39NO6/c1-23(28(35)27-21-14-22-34(27)31(37)40-32(2,3)4)30(36)39-29(24-15-8-5-9-16-24)33(38,25-17-10-6-11-18-25)26-19-12-7-13-20-26/h5-13,15-20,23,27-29,35,38H,14,21-22H2,1-4H3/t23-,27+,28+,29+/m1/s1. The number of amides is 1. The Labute approximate surface area is 236 Å². The van der Waals surface area contributed by atoms with E-state index in [9.17, 15) is 19.8 Å². The summed E-state index contributed by atoms with van der Waals surface area (Å²) in [6.07, 6.45) is -1.58. The summed E-state index contributed by atoms with van der Waals surface area (Å²) in [7, 11) is 0. The van der Waals surface area contributed by atoms with Crippen LogP contribution in [0, 0.1) is 5.92 Å². The van der Waals surface area contributed by atoms with Crippen molar-refractivity contribution in [3.8, 4) is 0 Å². The molecule has 3 aromatic carbocycles. The monoisotopic (exact) mass is 545 g/mol. The summed E-state index contributed by atoms with van der Waals surface area (Å²) in [6.45, 7) is 7.39. The summed E-state index contributed by atoms with van der Waals surface area (Å²) < 4.78 is 11.7. The zero-order valence-corrected chi connectivity index (χ0v) is 23.6. The molecule has 1 amide bonds. The lowest BCUT2D eigenvalue weighted by molar-refractivity contribution is -0.172. The van der Waals surface area contributed by atoms with Crippen LogP contribution in [0.25, 0.3) is 0 Å². The van der Waals surface area contributed by atoms with Crippen molar-refractivity contribution >= 4 is 12.1 Å². The highest BCUT2D eigenvalue weighted by molar-refractivity contribution is 5.74. The van der Waals surface area contributed by atoms with Crippen LogP contribution in [0.3, 0.4) is 0 Å². The third-order valence-corrected chi connectivity index (χ3v) is 7.35. The van der Waals surface area contributed by atoms with Gasteiger partial charge in [0.25, 0.3) is 0 Å². The maximum Gasteiger partial charge on any atom is 0.410 e. The maximum atomic E-state index is 13.7. The molecule has 3 aromatic rings. The van der Waals surface area contributed by atoms with Gasteiger partial charge >= 0.3 is 12.1 Å². The Bertz CT molecular complexity index is 1220. The van der Waals surface area contributed by atoms with Gasteiger partial charge in [-0.1, -0.05) is 91.0 Å². The van der Waals surface area contributed by atoms with Crippen LogP contribution in [0.5, 0.6) is 0 Å². The molecule has 1 heterocycles. The van der Waals surface area contributed by atoms with Gasteiger partial charge in [0.2, 0.25) is 0 Å². The van der Waals surface area contributed by atoms with Crippen LogP contribution in [0.4, 0.5) is 4.79 Å². The Morgan fingerprint density at radius 1 is 0.875 bits per heavy atom. The molecule has 7 heteroatoms. The van der Waals surface area contributed by atoms with Crippen molar-refractivity contribution in [3.63, 3.8) is 0 Å². The van der Waals surface area contributed by atoms with Crippen LogP contribution >= 0.6 is 0 Å². The van der Waals surface area contributed by atoms with E-state index in [1.807, 2.05) is 54.6 Å². The lowest BCUT2D eigenvalue weighted by atomic mass is 9.78. The van der Waals surface area contributed by atoms with E-state index in [1.165, 1.54) is 4.90 Å². The number of ether oxygens (including phenoxy) is 2. The molecular formula is C33H39NO6. The Hall–Kier alpha value is -3.68. The van der Waals surface area contributed by atoms with Crippen molar-refractivity contribution in [2.24, 2.45) is 5.92 Å². The van der Waals surface area contributed by atoms with Gasteiger partial charge in [-0.25, -0.2) is 4.79 Å². The lowest BCUT2D eigenvalue weighted by Gasteiger charge is -2.38. The number of carbonyl (C=O) groups excluding carboxylic acids is 2. The minimum atomic E-state index is -1.72. The number of hydrogen-bond acceptors (Lipinski definition) is 6. The van der Waals surface area contributed by atoms with Gasteiger partial charge in [0.05, 0.1) is 18.1 Å². The van der Waals surface area contributed by atoms with Gasteiger partial charge in [-0.15, -0.1) is 0 Å². The van der Waals surface area contributed by atoms with Crippen molar-refractivity contribution in [3.05, 3.63) is 108 Å². The van der Waals surface area contributed by atoms with Crippen LogP contribution in [0.15, 0.2) is 91.0 Å². The van der Waals surface area contributed by atoms with Gasteiger partial charge in [0.1, 0.15) is 5.60 Å². The minimum Gasteiger partial charge on any atom is -0.453 e. The summed E-state index contributed by atoms with van der Waals surface area (Å²) in [6, 6.07) is 26.7. The summed E-state index contributed by atoms with van der Waals surface area (Å²) in [5, 5.41) is 23.8. The number of rotatable bonds is 8. The zero-order valence-electron chi connectivity index (χ0n) is 23.6. The number of nitrogens with zero attached hydrogens (tertiary/aromatic N) is 1. The van der Waals surface area contributed by atoms with Crippen LogP contribution in [-0.4, -0.2) is 51.5 Å². The van der Waals surface area contributed by atoms with E-state index in [0.717, 1.165) is 0 Å². The highest BCUT2D eigenvalue weighted by atomic mass is 16.6. The molecule has 4 atom stereocenters. The van der Waals surface area contributed by atoms with E-state index in [4.69, 9.17) is 9.47 Å². The van der Waals surface area contributed by atoms with Gasteiger partial charge in [-0.2, -0.15) is 0 Å². The van der Waals surface area contributed by atoms with Gasteiger partial charge < -0.3 is 24.6 Å². The van der Waals surface area contributed by atoms with Gasteiger partial charge in [-0.05, 0) is 57.2 Å². The predicted octanol–water partition coefficient (Wildman–Crippen LogP) is 5.60.